The Morgan fingerprint density at radius 3 is 2.32 bits per heavy atom. The Labute approximate surface area is 136 Å². The summed E-state index contributed by atoms with van der Waals surface area (Å²) < 4.78 is 0. The van der Waals surface area contributed by atoms with Crippen molar-refractivity contribution in [3.63, 3.8) is 0 Å². The van der Waals surface area contributed by atoms with Crippen LogP contribution >= 0.6 is 11.6 Å². The minimum atomic E-state index is -0.0268. The molecule has 3 nitrogen and oxygen atoms in total. The van der Waals surface area contributed by atoms with Crippen molar-refractivity contribution in [1.29, 1.82) is 0 Å². The van der Waals surface area contributed by atoms with Crippen LogP contribution in [0, 0.1) is 13.8 Å². The molecule has 22 heavy (non-hydrogen) atoms. The van der Waals surface area contributed by atoms with Crippen LogP contribution in [0.1, 0.15) is 16.7 Å². The Morgan fingerprint density at radius 2 is 1.68 bits per heavy atom. The lowest BCUT2D eigenvalue weighted by atomic mass is 10.1. The van der Waals surface area contributed by atoms with Crippen molar-refractivity contribution in [2.24, 2.45) is 0 Å². The molecule has 0 radical (unpaired) electrons. The molecule has 2 aromatic rings. The van der Waals surface area contributed by atoms with Gasteiger partial charge in [0.1, 0.15) is 0 Å². The van der Waals surface area contributed by atoms with Crippen LogP contribution in [-0.4, -0.2) is 19.0 Å². The third-order valence-corrected chi connectivity index (χ3v) is 3.55. The van der Waals surface area contributed by atoms with Gasteiger partial charge in [0.25, 0.3) is 0 Å². The molecule has 0 aliphatic heterocycles. The predicted molar refractivity (Wildman–Crippen MR) is 92.6 cm³/mol. The Hall–Kier alpha value is -1.84. The maximum atomic E-state index is 11.9. The van der Waals surface area contributed by atoms with E-state index in [1.807, 2.05) is 50.2 Å². The van der Waals surface area contributed by atoms with Gasteiger partial charge in [0, 0.05) is 10.7 Å². The SMILES string of the molecule is Cc1cc(C)cc(NC(=O)CNCCc2ccc(Cl)cc2)c1. The van der Waals surface area contributed by atoms with Crippen molar-refractivity contribution < 1.29 is 4.79 Å². The predicted octanol–water partition coefficient (Wildman–Crippen LogP) is 3.73. The highest BCUT2D eigenvalue weighted by molar-refractivity contribution is 6.30. The fourth-order valence-electron chi connectivity index (χ4n) is 2.34. The van der Waals surface area contributed by atoms with E-state index < -0.39 is 0 Å². The number of carbonyl (C=O) groups excluding carboxylic acids is 1. The van der Waals surface area contributed by atoms with Crippen LogP contribution < -0.4 is 10.6 Å². The molecule has 0 aromatic heterocycles. The number of nitrogens with one attached hydrogen (secondary N) is 2. The normalized spacial score (nSPS) is 10.5. The van der Waals surface area contributed by atoms with E-state index in [4.69, 9.17) is 11.6 Å². The van der Waals surface area contributed by atoms with Gasteiger partial charge in [0.2, 0.25) is 5.91 Å². The summed E-state index contributed by atoms with van der Waals surface area (Å²) >= 11 is 5.85. The average molecular weight is 317 g/mol. The molecule has 0 heterocycles. The Bertz CT molecular complexity index is 618. The molecule has 2 N–H and O–H groups in total. The molecular weight excluding hydrogens is 296 g/mol. The van der Waals surface area contributed by atoms with Crippen LogP contribution in [0.25, 0.3) is 0 Å². The molecule has 0 aliphatic carbocycles. The van der Waals surface area contributed by atoms with Gasteiger partial charge in [-0.3, -0.25) is 4.79 Å². The second-order valence-electron chi connectivity index (χ2n) is 5.48. The maximum Gasteiger partial charge on any atom is 0.238 e. The maximum absolute atomic E-state index is 11.9. The second-order valence-corrected chi connectivity index (χ2v) is 5.91. The average Bonchev–Trinajstić information content (AvgIpc) is 2.44. The number of anilines is 1. The number of hydrogen-bond donors (Lipinski definition) is 2. The number of halogens is 1. The van der Waals surface area contributed by atoms with Crippen molar-refractivity contribution in [3.8, 4) is 0 Å². The quantitative estimate of drug-likeness (QED) is 0.797. The number of hydrogen-bond acceptors (Lipinski definition) is 2. The number of rotatable bonds is 6. The van der Waals surface area contributed by atoms with Crippen LogP contribution in [0.4, 0.5) is 5.69 Å². The molecule has 0 saturated carbocycles. The first-order valence-electron chi connectivity index (χ1n) is 7.36. The molecule has 116 valence electrons. The molecule has 0 fully saturated rings. The van der Waals surface area contributed by atoms with Gasteiger partial charge in [-0.15, -0.1) is 0 Å². The Morgan fingerprint density at radius 1 is 1.05 bits per heavy atom. The van der Waals surface area contributed by atoms with Gasteiger partial charge in [-0.25, -0.2) is 0 Å². The smallest absolute Gasteiger partial charge is 0.238 e. The van der Waals surface area contributed by atoms with Gasteiger partial charge < -0.3 is 10.6 Å². The summed E-state index contributed by atoms with van der Waals surface area (Å²) in [5.74, 6) is -0.0268. The zero-order valence-electron chi connectivity index (χ0n) is 12.9. The minimum absolute atomic E-state index is 0.0268. The van der Waals surface area contributed by atoms with Crippen LogP contribution in [-0.2, 0) is 11.2 Å². The molecule has 2 rings (SSSR count). The summed E-state index contributed by atoms with van der Waals surface area (Å²) in [5, 5.41) is 6.80. The zero-order valence-corrected chi connectivity index (χ0v) is 13.7. The van der Waals surface area contributed by atoms with E-state index in [0.29, 0.717) is 6.54 Å². The monoisotopic (exact) mass is 316 g/mol. The highest BCUT2D eigenvalue weighted by atomic mass is 35.5. The highest BCUT2D eigenvalue weighted by Gasteiger charge is 2.03. The Balaban J connectivity index is 1.72. The molecule has 0 aliphatic rings. The van der Waals surface area contributed by atoms with E-state index in [2.05, 4.69) is 16.7 Å². The van der Waals surface area contributed by atoms with Crippen LogP contribution in [0.5, 0.6) is 0 Å². The molecular formula is C18H21ClN2O. The zero-order chi connectivity index (χ0) is 15.9. The summed E-state index contributed by atoms with van der Waals surface area (Å²) in [5.41, 5.74) is 4.34. The largest absolute Gasteiger partial charge is 0.325 e. The van der Waals surface area contributed by atoms with Gasteiger partial charge in [0.15, 0.2) is 0 Å². The summed E-state index contributed by atoms with van der Waals surface area (Å²) in [6, 6.07) is 13.8. The van der Waals surface area contributed by atoms with E-state index in [1.54, 1.807) is 0 Å². The van der Waals surface area contributed by atoms with E-state index in [-0.39, 0.29) is 5.91 Å². The van der Waals surface area contributed by atoms with Gasteiger partial charge in [-0.1, -0.05) is 29.8 Å². The summed E-state index contributed by atoms with van der Waals surface area (Å²) in [6.07, 6.45) is 0.869. The van der Waals surface area contributed by atoms with Gasteiger partial charge >= 0.3 is 0 Å². The van der Waals surface area contributed by atoms with Crippen LogP contribution in [0.15, 0.2) is 42.5 Å². The molecule has 0 atom stereocenters. The number of carbonyl (C=O) groups is 1. The summed E-state index contributed by atoms with van der Waals surface area (Å²) in [6.45, 7) is 5.10. The Kier molecular flexibility index (Phi) is 5.99. The molecule has 1 amide bonds. The standard InChI is InChI=1S/C18H21ClN2O/c1-13-9-14(2)11-17(10-13)21-18(22)12-20-8-7-15-3-5-16(19)6-4-15/h3-6,9-11,20H,7-8,12H2,1-2H3,(H,21,22). The van der Waals surface area contributed by atoms with Gasteiger partial charge in [0.05, 0.1) is 6.54 Å². The lowest BCUT2D eigenvalue weighted by Crippen LogP contribution is -2.29. The first-order chi connectivity index (χ1) is 10.5. The first-order valence-corrected chi connectivity index (χ1v) is 7.74. The van der Waals surface area contributed by atoms with Gasteiger partial charge in [-0.2, -0.15) is 0 Å². The number of amides is 1. The number of aryl methyl sites for hydroxylation is 2. The van der Waals surface area contributed by atoms with Crippen molar-refractivity contribution in [1.82, 2.24) is 5.32 Å². The third kappa shape index (κ3) is 5.51. The topological polar surface area (TPSA) is 41.1 Å². The highest BCUT2D eigenvalue weighted by Crippen LogP contribution is 2.13. The molecule has 4 heteroatoms. The molecule has 0 bridgehead atoms. The van der Waals surface area contributed by atoms with E-state index in [9.17, 15) is 4.79 Å². The molecule has 0 unspecified atom stereocenters. The fourth-order valence-corrected chi connectivity index (χ4v) is 2.46. The summed E-state index contributed by atoms with van der Waals surface area (Å²) in [7, 11) is 0. The fraction of sp³-hybridized carbons (Fsp3) is 0.278. The summed E-state index contributed by atoms with van der Waals surface area (Å²) in [4.78, 5) is 11.9. The van der Waals surface area contributed by atoms with Crippen molar-refractivity contribution >= 4 is 23.2 Å². The van der Waals surface area contributed by atoms with E-state index >= 15 is 0 Å². The van der Waals surface area contributed by atoms with Crippen molar-refractivity contribution in [2.45, 2.75) is 20.3 Å². The lowest BCUT2D eigenvalue weighted by molar-refractivity contribution is -0.115. The second kappa shape index (κ2) is 7.97. The minimum Gasteiger partial charge on any atom is -0.325 e. The molecule has 0 saturated heterocycles. The molecule has 0 spiro atoms. The van der Waals surface area contributed by atoms with Crippen molar-refractivity contribution in [3.05, 3.63) is 64.2 Å². The van der Waals surface area contributed by atoms with Gasteiger partial charge in [-0.05, 0) is 67.8 Å². The number of benzene rings is 2. The third-order valence-electron chi connectivity index (χ3n) is 3.29. The molecule has 2 aromatic carbocycles. The van der Waals surface area contributed by atoms with Crippen LogP contribution in [0.2, 0.25) is 5.02 Å². The van der Waals surface area contributed by atoms with Crippen molar-refractivity contribution in [2.75, 3.05) is 18.4 Å². The van der Waals surface area contributed by atoms with Crippen LogP contribution in [0.3, 0.4) is 0 Å². The lowest BCUT2D eigenvalue weighted by Gasteiger charge is -2.08. The first kappa shape index (κ1) is 16.5. The van der Waals surface area contributed by atoms with E-state index in [0.717, 1.165) is 34.8 Å². The van der Waals surface area contributed by atoms with E-state index in [1.165, 1.54) is 5.56 Å².